The third kappa shape index (κ3) is 7.40. The molecule has 2 aromatic rings. The molecular weight excluding hydrogens is 524 g/mol. The van der Waals surface area contributed by atoms with Crippen molar-refractivity contribution in [1.29, 1.82) is 0 Å². The summed E-state index contributed by atoms with van der Waals surface area (Å²) in [5.74, 6) is 0.265. The number of likely N-dealkylation sites (tertiary alicyclic amines) is 1. The van der Waals surface area contributed by atoms with E-state index in [0.717, 1.165) is 32.4 Å². The second kappa shape index (κ2) is 14.9. The van der Waals surface area contributed by atoms with Crippen molar-refractivity contribution >= 4 is 17.4 Å². The molecule has 2 aromatic carbocycles. The van der Waals surface area contributed by atoms with Gasteiger partial charge in [0, 0.05) is 31.7 Å². The van der Waals surface area contributed by atoms with Crippen molar-refractivity contribution in [3.8, 4) is 17.2 Å². The summed E-state index contributed by atoms with van der Waals surface area (Å²) in [5.41, 5.74) is 1.16. The second-order valence-electron chi connectivity index (χ2n) is 10.2. The van der Waals surface area contributed by atoms with Crippen molar-refractivity contribution in [3.63, 3.8) is 0 Å². The molecule has 2 aliphatic rings. The molecule has 0 saturated carbocycles. The molecule has 0 aromatic heterocycles. The molecule has 1 amide bonds. The third-order valence-corrected chi connectivity index (χ3v) is 7.24. The highest BCUT2D eigenvalue weighted by Gasteiger charge is 2.46. The Labute approximate surface area is 242 Å². The summed E-state index contributed by atoms with van der Waals surface area (Å²) in [4.78, 5) is 30.7. The molecular formula is C32H42N2O7. The molecule has 2 aliphatic heterocycles. The number of nitrogens with zero attached hydrogens (tertiary/aromatic N) is 2. The number of morpholine rings is 1. The number of ether oxygens (including phenoxy) is 4. The molecule has 9 nitrogen and oxygen atoms in total. The average molecular weight is 567 g/mol. The van der Waals surface area contributed by atoms with Crippen LogP contribution in [-0.4, -0.2) is 85.8 Å². The van der Waals surface area contributed by atoms with Gasteiger partial charge in [-0.3, -0.25) is 14.5 Å². The van der Waals surface area contributed by atoms with Gasteiger partial charge in [-0.15, -0.1) is 0 Å². The lowest BCUT2D eigenvalue weighted by Crippen LogP contribution is -2.42. The van der Waals surface area contributed by atoms with Crippen LogP contribution in [0.3, 0.4) is 0 Å². The zero-order valence-corrected chi connectivity index (χ0v) is 24.4. The van der Waals surface area contributed by atoms with Crippen molar-refractivity contribution < 1.29 is 33.6 Å². The molecule has 4 rings (SSSR count). The Balaban J connectivity index is 1.73. The number of amides is 1. The Morgan fingerprint density at radius 1 is 0.902 bits per heavy atom. The number of unbranched alkanes of at least 4 members (excludes halogenated alkanes) is 1. The van der Waals surface area contributed by atoms with Crippen LogP contribution in [-0.2, 0) is 14.3 Å². The van der Waals surface area contributed by atoms with Crippen LogP contribution in [0.15, 0.2) is 48.0 Å². The molecule has 0 aliphatic carbocycles. The second-order valence-corrected chi connectivity index (χ2v) is 10.2. The van der Waals surface area contributed by atoms with Gasteiger partial charge in [0.15, 0.2) is 11.5 Å². The van der Waals surface area contributed by atoms with Crippen LogP contribution in [0.1, 0.15) is 57.2 Å². The molecule has 0 spiro atoms. The Morgan fingerprint density at radius 2 is 1.66 bits per heavy atom. The Hall–Kier alpha value is -3.56. The summed E-state index contributed by atoms with van der Waals surface area (Å²) < 4.78 is 23.0. The molecule has 0 radical (unpaired) electrons. The quantitative estimate of drug-likeness (QED) is 0.151. The van der Waals surface area contributed by atoms with Gasteiger partial charge in [-0.1, -0.05) is 26.3 Å². The van der Waals surface area contributed by atoms with Crippen LogP contribution in [0.25, 0.3) is 5.76 Å². The van der Waals surface area contributed by atoms with E-state index in [-0.39, 0.29) is 11.3 Å². The van der Waals surface area contributed by atoms with Gasteiger partial charge >= 0.3 is 0 Å². The highest BCUT2D eigenvalue weighted by molar-refractivity contribution is 6.46. The average Bonchev–Trinajstić information content (AvgIpc) is 3.25. The number of hydrogen-bond acceptors (Lipinski definition) is 8. The van der Waals surface area contributed by atoms with E-state index in [1.165, 1.54) is 0 Å². The van der Waals surface area contributed by atoms with Gasteiger partial charge in [0.2, 0.25) is 0 Å². The Bertz CT molecular complexity index is 1210. The third-order valence-electron chi connectivity index (χ3n) is 7.24. The monoisotopic (exact) mass is 566 g/mol. The van der Waals surface area contributed by atoms with E-state index in [1.807, 2.05) is 32.0 Å². The summed E-state index contributed by atoms with van der Waals surface area (Å²) >= 11 is 0. The van der Waals surface area contributed by atoms with Crippen LogP contribution in [0, 0.1) is 0 Å². The number of Topliss-reactive ketones (excluding diaryl/α,β-unsaturated/α-hetero) is 1. The number of rotatable bonds is 14. The predicted octanol–water partition coefficient (Wildman–Crippen LogP) is 4.81. The van der Waals surface area contributed by atoms with Crippen LogP contribution < -0.4 is 14.2 Å². The first-order chi connectivity index (χ1) is 20.0. The van der Waals surface area contributed by atoms with Gasteiger partial charge in [0.25, 0.3) is 11.7 Å². The fourth-order valence-corrected chi connectivity index (χ4v) is 5.02. The molecule has 9 heteroatoms. The SMILES string of the molecule is CCCCOc1ccc(C2C(=C(O)c3ccc(OCCC)cc3)C(=O)C(=O)N2CCN2CCOCC2)cc1OCC. The largest absolute Gasteiger partial charge is 0.507 e. The van der Waals surface area contributed by atoms with E-state index in [4.69, 9.17) is 18.9 Å². The van der Waals surface area contributed by atoms with E-state index in [2.05, 4.69) is 11.8 Å². The summed E-state index contributed by atoms with van der Waals surface area (Å²) in [6.45, 7) is 11.3. The molecule has 2 saturated heterocycles. The van der Waals surface area contributed by atoms with E-state index in [0.29, 0.717) is 74.5 Å². The minimum absolute atomic E-state index is 0.0568. The number of carbonyl (C=O) groups excluding carboxylic acids is 2. The van der Waals surface area contributed by atoms with Gasteiger partial charge in [0.1, 0.15) is 11.5 Å². The van der Waals surface area contributed by atoms with Crippen molar-refractivity contribution in [2.75, 3.05) is 59.2 Å². The van der Waals surface area contributed by atoms with Crippen molar-refractivity contribution in [2.24, 2.45) is 0 Å². The highest BCUT2D eigenvalue weighted by atomic mass is 16.5. The lowest BCUT2D eigenvalue weighted by Gasteiger charge is -2.31. The zero-order valence-electron chi connectivity index (χ0n) is 24.4. The standard InChI is InChI=1S/C32H42N2O7/c1-4-7-19-41-26-13-10-24(22-27(26)39-6-3)29-28(30(35)23-8-11-25(12-9-23)40-18-5-2)31(36)32(37)34(29)15-14-33-16-20-38-21-17-33/h8-13,22,29,35H,4-7,14-21H2,1-3H3. The maximum atomic E-state index is 13.5. The molecule has 2 heterocycles. The maximum Gasteiger partial charge on any atom is 0.295 e. The fraction of sp³-hybridized carbons (Fsp3) is 0.500. The Morgan fingerprint density at radius 3 is 2.34 bits per heavy atom. The lowest BCUT2D eigenvalue weighted by molar-refractivity contribution is -0.140. The highest BCUT2D eigenvalue weighted by Crippen LogP contribution is 2.42. The number of aliphatic hydroxyl groups is 1. The van der Waals surface area contributed by atoms with Crippen molar-refractivity contribution in [1.82, 2.24) is 9.80 Å². The van der Waals surface area contributed by atoms with Crippen LogP contribution >= 0.6 is 0 Å². The van der Waals surface area contributed by atoms with E-state index in [1.54, 1.807) is 29.2 Å². The van der Waals surface area contributed by atoms with E-state index in [9.17, 15) is 14.7 Å². The Kier molecular flexibility index (Phi) is 11.0. The first kappa shape index (κ1) is 30.4. The van der Waals surface area contributed by atoms with Crippen LogP contribution in [0.2, 0.25) is 0 Å². The number of hydrogen-bond donors (Lipinski definition) is 1. The zero-order chi connectivity index (χ0) is 29.2. The topological polar surface area (TPSA) is 97.8 Å². The van der Waals surface area contributed by atoms with Gasteiger partial charge in [-0.05, 0) is 61.7 Å². The van der Waals surface area contributed by atoms with Gasteiger partial charge in [-0.25, -0.2) is 0 Å². The number of ketones is 1. The first-order valence-corrected chi connectivity index (χ1v) is 14.7. The van der Waals surface area contributed by atoms with Crippen LogP contribution in [0.5, 0.6) is 17.2 Å². The molecule has 222 valence electrons. The minimum atomic E-state index is -0.782. The molecule has 41 heavy (non-hydrogen) atoms. The summed E-state index contributed by atoms with van der Waals surface area (Å²) in [6.07, 6.45) is 2.80. The molecule has 1 N–H and O–H groups in total. The molecule has 1 atom stereocenters. The minimum Gasteiger partial charge on any atom is -0.507 e. The first-order valence-electron chi connectivity index (χ1n) is 14.7. The number of benzene rings is 2. The maximum absolute atomic E-state index is 13.5. The van der Waals surface area contributed by atoms with Crippen molar-refractivity contribution in [3.05, 3.63) is 59.2 Å². The molecule has 0 bridgehead atoms. The normalized spacial score (nSPS) is 19.0. The fourth-order valence-electron chi connectivity index (χ4n) is 5.02. The van der Waals surface area contributed by atoms with E-state index < -0.39 is 17.7 Å². The van der Waals surface area contributed by atoms with Crippen LogP contribution in [0.4, 0.5) is 0 Å². The summed E-state index contributed by atoms with van der Waals surface area (Å²) in [6, 6.07) is 11.6. The predicted molar refractivity (Wildman–Crippen MR) is 157 cm³/mol. The number of carbonyl (C=O) groups is 2. The summed E-state index contributed by atoms with van der Waals surface area (Å²) in [5, 5.41) is 11.5. The molecule has 2 fully saturated rings. The smallest absolute Gasteiger partial charge is 0.295 e. The van der Waals surface area contributed by atoms with Crippen molar-refractivity contribution in [2.45, 2.75) is 46.1 Å². The summed E-state index contributed by atoms with van der Waals surface area (Å²) in [7, 11) is 0. The van der Waals surface area contributed by atoms with Gasteiger partial charge < -0.3 is 29.0 Å². The van der Waals surface area contributed by atoms with Gasteiger partial charge in [-0.2, -0.15) is 0 Å². The number of aliphatic hydroxyl groups excluding tert-OH is 1. The van der Waals surface area contributed by atoms with Gasteiger partial charge in [0.05, 0.1) is 44.6 Å². The lowest BCUT2D eigenvalue weighted by atomic mass is 9.95. The molecule has 1 unspecified atom stereocenters. The van der Waals surface area contributed by atoms with E-state index >= 15 is 0 Å².